The van der Waals surface area contributed by atoms with Gasteiger partial charge in [0, 0.05) is 22.8 Å². The maximum absolute atomic E-state index is 12.6. The third-order valence-electron chi connectivity index (χ3n) is 3.06. The average Bonchev–Trinajstić information content (AvgIpc) is 3.02. The zero-order valence-corrected chi connectivity index (χ0v) is 12.8. The van der Waals surface area contributed by atoms with Gasteiger partial charge in [-0.2, -0.15) is 13.2 Å². The molecule has 0 amide bonds. The lowest BCUT2D eigenvalue weighted by Gasteiger charge is -2.07. The third-order valence-corrected chi connectivity index (χ3v) is 3.31. The van der Waals surface area contributed by atoms with Crippen molar-refractivity contribution in [2.45, 2.75) is 12.7 Å². The van der Waals surface area contributed by atoms with E-state index in [9.17, 15) is 13.2 Å². The van der Waals surface area contributed by atoms with E-state index < -0.39 is 11.9 Å². The number of benzene rings is 1. The standard InChI is InChI=1S/C15H10ClF3N4O/c16-10-3-1-9(2-4-10)12-7-11(23-24-12)8-21-14-20-6-5-13(22-14)15(17,18)19/h1-7H,8H2,(H,20,21,22). The molecule has 24 heavy (non-hydrogen) atoms. The summed E-state index contributed by atoms with van der Waals surface area (Å²) in [5, 5.41) is 7.13. The van der Waals surface area contributed by atoms with Crippen molar-refractivity contribution in [2.24, 2.45) is 0 Å². The summed E-state index contributed by atoms with van der Waals surface area (Å²) in [6.07, 6.45) is -3.48. The normalized spacial score (nSPS) is 11.5. The fourth-order valence-corrected chi connectivity index (χ4v) is 2.04. The van der Waals surface area contributed by atoms with Crippen LogP contribution in [-0.2, 0) is 12.7 Å². The van der Waals surface area contributed by atoms with Gasteiger partial charge in [-0.05, 0) is 30.3 Å². The van der Waals surface area contributed by atoms with Gasteiger partial charge < -0.3 is 9.84 Å². The summed E-state index contributed by atoms with van der Waals surface area (Å²) in [4.78, 5) is 7.16. The first kappa shape index (κ1) is 16.3. The Kier molecular flexibility index (Phi) is 4.39. The zero-order chi connectivity index (χ0) is 17.2. The first-order valence-electron chi connectivity index (χ1n) is 6.77. The van der Waals surface area contributed by atoms with E-state index in [4.69, 9.17) is 16.1 Å². The van der Waals surface area contributed by atoms with E-state index in [1.807, 2.05) is 0 Å². The van der Waals surface area contributed by atoms with Crippen LogP contribution in [-0.4, -0.2) is 15.1 Å². The molecule has 2 aromatic heterocycles. The van der Waals surface area contributed by atoms with E-state index in [2.05, 4.69) is 20.4 Å². The number of aromatic nitrogens is 3. The molecule has 3 rings (SSSR count). The monoisotopic (exact) mass is 354 g/mol. The molecule has 1 aromatic carbocycles. The highest BCUT2D eigenvalue weighted by molar-refractivity contribution is 6.30. The summed E-state index contributed by atoms with van der Waals surface area (Å²) in [7, 11) is 0. The Morgan fingerprint density at radius 1 is 1.12 bits per heavy atom. The van der Waals surface area contributed by atoms with E-state index >= 15 is 0 Å². The summed E-state index contributed by atoms with van der Waals surface area (Å²) >= 11 is 5.82. The Morgan fingerprint density at radius 2 is 1.88 bits per heavy atom. The maximum Gasteiger partial charge on any atom is 0.433 e. The highest BCUT2D eigenvalue weighted by Crippen LogP contribution is 2.27. The van der Waals surface area contributed by atoms with E-state index in [-0.39, 0.29) is 12.5 Å². The predicted octanol–water partition coefficient (Wildman–Crippen LogP) is 4.42. The topological polar surface area (TPSA) is 63.8 Å². The molecule has 1 N–H and O–H groups in total. The molecular weight excluding hydrogens is 345 g/mol. The van der Waals surface area contributed by atoms with Crippen LogP contribution in [0.1, 0.15) is 11.4 Å². The first-order chi connectivity index (χ1) is 11.4. The Bertz CT molecular complexity index is 833. The molecular formula is C15H10ClF3N4O. The highest BCUT2D eigenvalue weighted by atomic mass is 35.5. The quantitative estimate of drug-likeness (QED) is 0.751. The fraction of sp³-hybridized carbons (Fsp3) is 0.133. The lowest BCUT2D eigenvalue weighted by atomic mass is 10.1. The number of nitrogens with one attached hydrogen (secondary N) is 1. The van der Waals surface area contributed by atoms with Crippen LogP contribution in [0.15, 0.2) is 47.1 Å². The second-order valence-electron chi connectivity index (χ2n) is 4.81. The molecule has 0 aliphatic carbocycles. The Balaban J connectivity index is 1.69. The van der Waals surface area contributed by atoms with Gasteiger partial charge in [0.05, 0.1) is 6.54 Å². The molecule has 5 nitrogen and oxygen atoms in total. The van der Waals surface area contributed by atoms with E-state index in [1.165, 1.54) is 0 Å². The van der Waals surface area contributed by atoms with Gasteiger partial charge in [0.15, 0.2) is 5.76 Å². The van der Waals surface area contributed by atoms with Crippen molar-refractivity contribution in [2.75, 3.05) is 5.32 Å². The minimum atomic E-state index is -4.52. The smallest absolute Gasteiger partial charge is 0.356 e. The van der Waals surface area contributed by atoms with Gasteiger partial charge in [0.1, 0.15) is 11.4 Å². The molecule has 0 fully saturated rings. The van der Waals surface area contributed by atoms with Crippen LogP contribution in [0.2, 0.25) is 5.02 Å². The van der Waals surface area contributed by atoms with Crippen molar-refractivity contribution in [1.82, 2.24) is 15.1 Å². The predicted molar refractivity (Wildman–Crippen MR) is 81.3 cm³/mol. The van der Waals surface area contributed by atoms with Crippen LogP contribution in [0.3, 0.4) is 0 Å². The van der Waals surface area contributed by atoms with E-state index in [0.717, 1.165) is 17.8 Å². The average molecular weight is 355 g/mol. The van der Waals surface area contributed by atoms with Crippen LogP contribution >= 0.6 is 11.6 Å². The molecule has 3 aromatic rings. The lowest BCUT2D eigenvalue weighted by molar-refractivity contribution is -0.141. The molecule has 0 bridgehead atoms. The Labute approximate surface area is 139 Å². The molecule has 9 heteroatoms. The van der Waals surface area contributed by atoms with Crippen LogP contribution in [0.4, 0.5) is 19.1 Å². The summed E-state index contributed by atoms with van der Waals surface area (Å²) in [6, 6.07) is 9.46. The minimum Gasteiger partial charge on any atom is -0.356 e. The second kappa shape index (κ2) is 6.48. The van der Waals surface area contributed by atoms with Crippen LogP contribution < -0.4 is 5.32 Å². The molecule has 0 saturated heterocycles. The Morgan fingerprint density at radius 3 is 2.58 bits per heavy atom. The van der Waals surface area contributed by atoms with Crippen LogP contribution in [0.5, 0.6) is 0 Å². The Hall–Kier alpha value is -2.61. The fourth-order valence-electron chi connectivity index (χ4n) is 1.92. The summed E-state index contributed by atoms with van der Waals surface area (Å²) in [5.41, 5.74) is 0.274. The molecule has 0 radical (unpaired) electrons. The summed E-state index contributed by atoms with van der Waals surface area (Å²) in [6.45, 7) is 0.123. The van der Waals surface area contributed by atoms with Gasteiger partial charge >= 0.3 is 6.18 Å². The SMILES string of the molecule is FC(F)(F)c1ccnc(NCc2cc(-c3ccc(Cl)cc3)on2)n1. The number of hydrogen-bond donors (Lipinski definition) is 1. The van der Waals surface area contributed by atoms with Crippen molar-refractivity contribution in [3.05, 3.63) is 59.0 Å². The molecule has 0 saturated carbocycles. The molecule has 0 spiro atoms. The molecule has 0 aliphatic rings. The van der Waals surface area contributed by atoms with Gasteiger partial charge in [0.25, 0.3) is 0 Å². The van der Waals surface area contributed by atoms with E-state index in [1.54, 1.807) is 30.3 Å². The molecule has 0 aliphatic heterocycles. The van der Waals surface area contributed by atoms with Gasteiger partial charge in [-0.25, -0.2) is 9.97 Å². The van der Waals surface area contributed by atoms with E-state index in [0.29, 0.717) is 16.5 Å². The minimum absolute atomic E-state index is 0.123. The highest BCUT2D eigenvalue weighted by Gasteiger charge is 2.32. The van der Waals surface area contributed by atoms with Gasteiger partial charge in [-0.3, -0.25) is 0 Å². The van der Waals surface area contributed by atoms with Gasteiger partial charge in [-0.1, -0.05) is 16.8 Å². The first-order valence-corrected chi connectivity index (χ1v) is 7.15. The van der Waals surface area contributed by atoms with Crippen molar-refractivity contribution in [3.8, 4) is 11.3 Å². The summed E-state index contributed by atoms with van der Waals surface area (Å²) < 4.78 is 43.0. The number of anilines is 1. The zero-order valence-electron chi connectivity index (χ0n) is 12.0. The molecule has 0 unspecified atom stereocenters. The molecule has 2 heterocycles. The number of alkyl halides is 3. The lowest BCUT2D eigenvalue weighted by Crippen LogP contribution is -2.11. The van der Waals surface area contributed by atoms with Crippen molar-refractivity contribution >= 4 is 17.5 Å². The number of rotatable bonds is 4. The van der Waals surface area contributed by atoms with Gasteiger partial charge in [0.2, 0.25) is 5.95 Å². The van der Waals surface area contributed by atoms with Crippen LogP contribution in [0.25, 0.3) is 11.3 Å². The third kappa shape index (κ3) is 3.83. The largest absolute Gasteiger partial charge is 0.433 e. The van der Waals surface area contributed by atoms with Crippen LogP contribution in [0, 0.1) is 0 Å². The van der Waals surface area contributed by atoms with Crippen molar-refractivity contribution in [1.29, 1.82) is 0 Å². The van der Waals surface area contributed by atoms with Crippen molar-refractivity contribution < 1.29 is 17.7 Å². The number of halogens is 4. The molecule has 0 atom stereocenters. The van der Waals surface area contributed by atoms with Gasteiger partial charge in [-0.15, -0.1) is 0 Å². The summed E-state index contributed by atoms with van der Waals surface area (Å²) in [5.74, 6) is 0.384. The molecule has 124 valence electrons. The van der Waals surface area contributed by atoms with Crippen molar-refractivity contribution in [3.63, 3.8) is 0 Å². The number of nitrogens with zero attached hydrogens (tertiary/aromatic N) is 3. The number of hydrogen-bond acceptors (Lipinski definition) is 5. The second-order valence-corrected chi connectivity index (χ2v) is 5.24. The maximum atomic E-state index is 12.6.